The summed E-state index contributed by atoms with van der Waals surface area (Å²) >= 11 is 0. The molecule has 2 heterocycles. The second-order valence-electron chi connectivity index (χ2n) is 7.97. The van der Waals surface area contributed by atoms with Gasteiger partial charge in [0.05, 0.1) is 11.0 Å². The van der Waals surface area contributed by atoms with Crippen molar-refractivity contribution in [3.63, 3.8) is 0 Å². The summed E-state index contributed by atoms with van der Waals surface area (Å²) in [5.41, 5.74) is 6.08. The van der Waals surface area contributed by atoms with Gasteiger partial charge in [-0.2, -0.15) is 5.10 Å². The van der Waals surface area contributed by atoms with E-state index in [9.17, 15) is 9.18 Å². The first kappa shape index (κ1) is 19.9. The number of rotatable bonds is 4. The third-order valence-corrected chi connectivity index (χ3v) is 5.46. The van der Waals surface area contributed by atoms with E-state index in [0.29, 0.717) is 5.69 Å². The third-order valence-electron chi connectivity index (χ3n) is 5.46. The van der Waals surface area contributed by atoms with Gasteiger partial charge in [-0.05, 0) is 44.2 Å². The molecule has 3 aromatic carbocycles. The number of hydrogen-bond donors (Lipinski definition) is 1. The molecule has 0 unspecified atom stereocenters. The van der Waals surface area contributed by atoms with Crippen LogP contribution in [-0.2, 0) is 11.3 Å². The van der Waals surface area contributed by atoms with Crippen LogP contribution in [0.1, 0.15) is 11.1 Å². The Kier molecular flexibility index (Phi) is 4.90. The second-order valence-corrected chi connectivity index (χ2v) is 7.97. The van der Waals surface area contributed by atoms with Gasteiger partial charge in [-0.25, -0.2) is 4.39 Å². The quantitative estimate of drug-likeness (QED) is 0.406. The van der Waals surface area contributed by atoms with E-state index >= 15 is 0 Å². The normalized spacial score (nSPS) is 11.2. The molecule has 0 saturated carbocycles. The highest BCUT2D eigenvalue weighted by Gasteiger charge is 2.18. The zero-order chi connectivity index (χ0) is 22.2. The molecule has 0 bridgehead atoms. The average Bonchev–Trinajstić information content (AvgIpc) is 3.13. The second kappa shape index (κ2) is 7.89. The molecule has 0 fully saturated rings. The first-order chi connectivity index (χ1) is 15.5. The molecule has 1 N–H and O–H groups in total. The van der Waals surface area contributed by atoms with E-state index in [4.69, 9.17) is 5.10 Å². The maximum atomic E-state index is 13.5. The van der Waals surface area contributed by atoms with Crippen molar-refractivity contribution in [1.29, 1.82) is 0 Å². The summed E-state index contributed by atoms with van der Waals surface area (Å²) in [5, 5.41) is 9.38. The standard InChI is InChI=1S/C26H21FN4O/c1-16-6-9-18(10-7-16)25-22-14-28-23-11-8-17(2)12-21(23)26(22)31(30-25)15-24(32)29-20-5-3-4-19(27)13-20/h3-14H,15H2,1-2H3,(H,29,32). The topological polar surface area (TPSA) is 59.8 Å². The molecule has 32 heavy (non-hydrogen) atoms. The van der Waals surface area contributed by atoms with E-state index in [1.807, 2.05) is 56.4 Å². The molecule has 6 heteroatoms. The summed E-state index contributed by atoms with van der Waals surface area (Å²) in [5.74, 6) is -0.686. The lowest BCUT2D eigenvalue weighted by molar-refractivity contribution is -0.116. The molecule has 0 atom stereocenters. The van der Waals surface area contributed by atoms with E-state index in [1.165, 1.54) is 12.1 Å². The van der Waals surface area contributed by atoms with Gasteiger partial charge in [0.15, 0.2) is 0 Å². The van der Waals surface area contributed by atoms with Gasteiger partial charge in [0.2, 0.25) is 5.91 Å². The fourth-order valence-electron chi connectivity index (χ4n) is 3.91. The number of anilines is 1. The number of nitrogens with one attached hydrogen (secondary N) is 1. The van der Waals surface area contributed by atoms with Crippen molar-refractivity contribution < 1.29 is 9.18 Å². The van der Waals surface area contributed by atoms with Crippen LogP contribution in [0.4, 0.5) is 10.1 Å². The summed E-state index contributed by atoms with van der Waals surface area (Å²) < 4.78 is 15.2. The van der Waals surface area contributed by atoms with E-state index < -0.39 is 5.82 Å². The highest BCUT2D eigenvalue weighted by atomic mass is 19.1. The Hall–Kier alpha value is -4.06. The van der Waals surface area contributed by atoms with Crippen molar-refractivity contribution in [2.24, 2.45) is 0 Å². The van der Waals surface area contributed by atoms with E-state index in [2.05, 4.69) is 16.4 Å². The van der Waals surface area contributed by atoms with Gasteiger partial charge in [0.1, 0.15) is 18.1 Å². The Morgan fingerprint density at radius 1 is 0.969 bits per heavy atom. The van der Waals surface area contributed by atoms with Crippen molar-refractivity contribution in [2.75, 3.05) is 5.32 Å². The molecular weight excluding hydrogens is 403 g/mol. The molecule has 0 aliphatic rings. The van der Waals surface area contributed by atoms with Crippen molar-refractivity contribution >= 4 is 33.4 Å². The molecule has 0 radical (unpaired) electrons. The SMILES string of the molecule is Cc1ccc(-c2nn(CC(=O)Nc3cccc(F)c3)c3c2cnc2ccc(C)cc23)cc1. The first-order valence-electron chi connectivity index (χ1n) is 10.4. The molecule has 5 rings (SSSR count). The number of benzene rings is 3. The maximum Gasteiger partial charge on any atom is 0.246 e. The smallest absolute Gasteiger partial charge is 0.246 e. The first-order valence-corrected chi connectivity index (χ1v) is 10.4. The van der Waals surface area contributed by atoms with Crippen LogP contribution in [-0.4, -0.2) is 20.7 Å². The number of halogens is 1. The van der Waals surface area contributed by atoms with Gasteiger partial charge in [-0.15, -0.1) is 0 Å². The maximum absolute atomic E-state index is 13.5. The summed E-state index contributed by atoms with van der Waals surface area (Å²) in [4.78, 5) is 17.4. The lowest BCUT2D eigenvalue weighted by Gasteiger charge is -2.08. The minimum atomic E-state index is -0.401. The number of aryl methyl sites for hydroxylation is 2. The molecule has 5 aromatic rings. The molecule has 0 spiro atoms. The molecule has 0 aliphatic heterocycles. The van der Waals surface area contributed by atoms with Gasteiger partial charge >= 0.3 is 0 Å². The minimum absolute atomic E-state index is 0.00801. The number of nitrogens with zero attached hydrogens (tertiary/aromatic N) is 3. The van der Waals surface area contributed by atoms with Crippen molar-refractivity contribution in [1.82, 2.24) is 14.8 Å². The summed E-state index contributed by atoms with van der Waals surface area (Å²) in [6, 6.07) is 20.0. The Labute approximate surface area is 184 Å². The lowest BCUT2D eigenvalue weighted by Crippen LogP contribution is -2.19. The number of hydrogen-bond acceptors (Lipinski definition) is 3. The largest absolute Gasteiger partial charge is 0.324 e. The molecule has 0 saturated heterocycles. The number of aromatic nitrogens is 3. The molecule has 2 aromatic heterocycles. The van der Waals surface area contributed by atoms with Crippen LogP contribution < -0.4 is 5.32 Å². The monoisotopic (exact) mass is 424 g/mol. The fraction of sp³-hybridized carbons (Fsp3) is 0.115. The van der Waals surface area contributed by atoms with Crippen molar-refractivity contribution in [2.45, 2.75) is 20.4 Å². The Bertz CT molecular complexity index is 1470. The van der Waals surface area contributed by atoms with E-state index in [0.717, 1.165) is 44.2 Å². The van der Waals surface area contributed by atoms with E-state index in [-0.39, 0.29) is 12.5 Å². The van der Waals surface area contributed by atoms with E-state index in [1.54, 1.807) is 16.8 Å². The molecular formula is C26H21FN4O. The molecule has 158 valence electrons. The number of carbonyl (C=O) groups is 1. The summed E-state index contributed by atoms with van der Waals surface area (Å²) in [7, 11) is 0. The number of amides is 1. The van der Waals surface area contributed by atoms with Crippen molar-refractivity contribution in [3.05, 3.63) is 89.9 Å². The van der Waals surface area contributed by atoms with Gasteiger partial charge in [0, 0.05) is 28.2 Å². The predicted molar refractivity (Wildman–Crippen MR) is 125 cm³/mol. The summed E-state index contributed by atoms with van der Waals surface area (Å²) in [6.07, 6.45) is 1.82. The summed E-state index contributed by atoms with van der Waals surface area (Å²) in [6.45, 7) is 4.05. The molecule has 0 aliphatic carbocycles. The Morgan fingerprint density at radius 2 is 1.75 bits per heavy atom. The zero-order valence-corrected chi connectivity index (χ0v) is 17.8. The van der Waals surface area contributed by atoms with Crippen LogP contribution in [0.5, 0.6) is 0 Å². The lowest BCUT2D eigenvalue weighted by atomic mass is 10.0. The predicted octanol–water partition coefficient (Wildman–Crippen LogP) is 5.65. The average molecular weight is 424 g/mol. The van der Waals surface area contributed by atoms with Gasteiger partial charge in [-0.1, -0.05) is 47.5 Å². The Morgan fingerprint density at radius 3 is 2.53 bits per heavy atom. The number of carbonyl (C=O) groups excluding carboxylic acids is 1. The molecule has 1 amide bonds. The number of pyridine rings is 1. The highest BCUT2D eigenvalue weighted by molar-refractivity contribution is 6.08. The van der Waals surface area contributed by atoms with Gasteiger partial charge < -0.3 is 5.32 Å². The van der Waals surface area contributed by atoms with Crippen LogP contribution in [0.3, 0.4) is 0 Å². The Balaban J connectivity index is 1.64. The third kappa shape index (κ3) is 3.71. The van der Waals surface area contributed by atoms with Crippen LogP contribution in [0, 0.1) is 19.7 Å². The minimum Gasteiger partial charge on any atom is -0.324 e. The van der Waals surface area contributed by atoms with Crippen molar-refractivity contribution in [3.8, 4) is 11.3 Å². The molecule has 5 nitrogen and oxygen atoms in total. The van der Waals surface area contributed by atoms with Crippen LogP contribution >= 0.6 is 0 Å². The van der Waals surface area contributed by atoms with Gasteiger partial charge in [-0.3, -0.25) is 14.5 Å². The zero-order valence-electron chi connectivity index (χ0n) is 17.8. The highest BCUT2D eigenvalue weighted by Crippen LogP contribution is 2.32. The fourth-order valence-corrected chi connectivity index (χ4v) is 3.91. The van der Waals surface area contributed by atoms with Crippen LogP contribution in [0.15, 0.2) is 72.9 Å². The van der Waals surface area contributed by atoms with Gasteiger partial charge in [0.25, 0.3) is 0 Å². The van der Waals surface area contributed by atoms with Crippen LogP contribution in [0.25, 0.3) is 33.1 Å². The number of fused-ring (bicyclic) bond motifs is 3. The van der Waals surface area contributed by atoms with Crippen LogP contribution in [0.2, 0.25) is 0 Å².